The Morgan fingerprint density at radius 3 is 2.53 bits per heavy atom. The van der Waals surface area contributed by atoms with Gasteiger partial charge in [0.15, 0.2) is 0 Å². The van der Waals surface area contributed by atoms with Gasteiger partial charge >= 0.3 is 5.97 Å². The lowest BCUT2D eigenvalue weighted by atomic mass is 10.1. The highest BCUT2D eigenvalue weighted by Gasteiger charge is 2.06. The van der Waals surface area contributed by atoms with Crippen LogP contribution in [-0.4, -0.2) is 30.1 Å². The molecule has 0 unspecified atom stereocenters. The number of amides is 1. The molecular weight excluding hydrogens is 220 g/mol. The molecule has 92 valence electrons. The summed E-state index contributed by atoms with van der Waals surface area (Å²) < 4.78 is 0. The number of nitrogens with one attached hydrogen (secondary N) is 2. The number of hydrogen-bond acceptors (Lipinski definition) is 3. The van der Waals surface area contributed by atoms with E-state index in [1.807, 2.05) is 0 Å². The predicted molar refractivity (Wildman–Crippen MR) is 65.3 cm³/mol. The van der Waals surface area contributed by atoms with E-state index in [1.54, 1.807) is 25.1 Å². The largest absolute Gasteiger partial charge is 0.478 e. The summed E-state index contributed by atoms with van der Waals surface area (Å²) in [4.78, 5) is 21.4. The lowest BCUT2D eigenvalue weighted by Gasteiger charge is -2.08. The van der Waals surface area contributed by atoms with Crippen LogP contribution in [0.5, 0.6) is 0 Å². The molecule has 0 fully saturated rings. The van der Waals surface area contributed by atoms with E-state index < -0.39 is 5.97 Å². The van der Waals surface area contributed by atoms with Gasteiger partial charge in [0.1, 0.15) is 0 Å². The lowest BCUT2D eigenvalue weighted by molar-refractivity contribution is -0.118. The Morgan fingerprint density at radius 2 is 2.00 bits per heavy atom. The van der Waals surface area contributed by atoms with E-state index in [9.17, 15) is 9.59 Å². The smallest absolute Gasteiger partial charge is 0.335 e. The Morgan fingerprint density at radius 1 is 1.29 bits per heavy atom. The van der Waals surface area contributed by atoms with Crippen molar-refractivity contribution in [3.63, 3.8) is 0 Å². The Labute approximate surface area is 99.8 Å². The highest BCUT2D eigenvalue weighted by molar-refractivity contribution is 5.89. The fourth-order valence-corrected chi connectivity index (χ4v) is 1.46. The molecule has 5 nitrogen and oxygen atoms in total. The molecule has 0 heterocycles. The first-order chi connectivity index (χ1) is 8.00. The molecule has 0 aromatic heterocycles. The van der Waals surface area contributed by atoms with Crippen molar-refractivity contribution in [2.24, 2.45) is 0 Å². The minimum atomic E-state index is -0.924. The minimum Gasteiger partial charge on any atom is -0.478 e. The zero-order valence-corrected chi connectivity index (χ0v) is 9.91. The van der Waals surface area contributed by atoms with Crippen LogP contribution >= 0.6 is 0 Å². The van der Waals surface area contributed by atoms with Crippen LogP contribution in [0.15, 0.2) is 18.2 Å². The third-order valence-corrected chi connectivity index (χ3v) is 2.28. The van der Waals surface area contributed by atoms with E-state index in [0.717, 1.165) is 5.69 Å². The average Bonchev–Trinajstić information content (AvgIpc) is 2.23. The summed E-state index contributed by atoms with van der Waals surface area (Å²) in [6, 6.07) is 5.06. The molecule has 0 atom stereocenters. The zero-order valence-electron chi connectivity index (χ0n) is 9.91. The van der Waals surface area contributed by atoms with Gasteiger partial charge in [0, 0.05) is 25.7 Å². The van der Waals surface area contributed by atoms with E-state index in [4.69, 9.17) is 5.11 Å². The van der Waals surface area contributed by atoms with Gasteiger partial charge in [-0.05, 0) is 30.7 Å². The molecular formula is C12H16N2O3. The predicted octanol–water partition coefficient (Wildman–Crippen LogP) is 1.24. The zero-order chi connectivity index (χ0) is 12.8. The van der Waals surface area contributed by atoms with Gasteiger partial charge in [-0.25, -0.2) is 4.79 Å². The minimum absolute atomic E-state index is 0.0656. The highest BCUT2D eigenvalue weighted by Crippen LogP contribution is 2.14. The van der Waals surface area contributed by atoms with Crippen molar-refractivity contribution in [1.82, 2.24) is 5.32 Å². The standard InChI is InChI=1S/C12H16N2O3/c1-8-7-10(3-4-11(8)12(16)17)14-6-5-13-9(2)15/h3-4,7,14H,5-6H2,1-2H3,(H,13,15)(H,16,17). The van der Waals surface area contributed by atoms with Crippen molar-refractivity contribution in [2.75, 3.05) is 18.4 Å². The molecule has 1 aromatic carbocycles. The molecule has 1 rings (SSSR count). The Hall–Kier alpha value is -2.04. The van der Waals surface area contributed by atoms with E-state index in [0.29, 0.717) is 24.2 Å². The molecule has 3 N–H and O–H groups in total. The third kappa shape index (κ3) is 4.14. The first kappa shape index (κ1) is 13.0. The molecule has 0 saturated heterocycles. The number of carboxylic acids is 1. The monoisotopic (exact) mass is 236 g/mol. The number of carboxylic acid groups (broad SMARTS) is 1. The summed E-state index contributed by atoms with van der Waals surface area (Å²) in [5, 5.41) is 14.6. The summed E-state index contributed by atoms with van der Waals surface area (Å²) >= 11 is 0. The van der Waals surface area contributed by atoms with Crippen LogP contribution < -0.4 is 10.6 Å². The SMILES string of the molecule is CC(=O)NCCNc1ccc(C(=O)O)c(C)c1. The van der Waals surface area contributed by atoms with E-state index in [-0.39, 0.29) is 5.91 Å². The second kappa shape index (κ2) is 5.89. The Balaban J connectivity index is 2.53. The summed E-state index contributed by atoms with van der Waals surface area (Å²) in [6.45, 7) is 4.36. The van der Waals surface area contributed by atoms with Gasteiger partial charge in [0.2, 0.25) is 5.91 Å². The van der Waals surface area contributed by atoms with Crippen molar-refractivity contribution in [3.8, 4) is 0 Å². The van der Waals surface area contributed by atoms with Gasteiger partial charge in [0.05, 0.1) is 5.56 Å². The molecule has 17 heavy (non-hydrogen) atoms. The van der Waals surface area contributed by atoms with Crippen molar-refractivity contribution in [2.45, 2.75) is 13.8 Å². The second-order valence-electron chi connectivity index (χ2n) is 3.74. The van der Waals surface area contributed by atoms with Crippen LogP contribution in [0.2, 0.25) is 0 Å². The summed E-state index contributed by atoms with van der Waals surface area (Å²) in [7, 11) is 0. The summed E-state index contributed by atoms with van der Waals surface area (Å²) in [6.07, 6.45) is 0. The van der Waals surface area contributed by atoms with Gasteiger partial charge < -0.3 is 15.7 Å². The number of hydrogen-bond donors (Lipinski definition) is 3. The normalized spacial score (nSPS) is 9.76. The third-order valence-electron chi connectivity index (χ3n) is 2.28. The number of anilines is 1. The maximum atomic E-state index is 10.8. The van der Waals surface area contributed by atoms with Crippen LogP contribution in [0.25, 0.3) is 0 Å². The van der Waals surface area contributed by atoms with E-state index in [2.05, 4.69) is 10.6 Å². The number of carbonyl (C=O) groups excluding carboxylic acids is 1. The van der Waals surface area contributed by atoms with Gasteiger partial charge in [-0.1, -0.05) is 0 Å². The summed E-state index contributed by atoms with van der Waals surface area (Å²) in [5.41, 5.74) is 1.86. The number of carbonyl (C=O) groups is 2. The molecule has 0 aliphatic carbocycles. The topological polar surface area (TPSA) is 78.4 Å². The lowest BCUT2D eigenvalue weighted by Crippen LogP contribution is -2.26. The van der Waals surface area contributed by atoms with Crippen molar-refractivity contribution >= 4 is 17.6 Å². The number of benzene rings is 1. The molecule has 1 amide bonds. The fourth-order valence-electron chi connectivity index (χ4n) is 1.46. The molecule has 1 aromatic rings. The first-order valence-corrected chi connectivity index (χ1v) is 5.33. The van der Waals surface area contributed by atoms with Crippen molar-refractivity contribution in [3.05, 3.63) is 29.3 Å². The number of aryl methyl sites for hydroxylation is 1. The van der Waals surface area contributed by atoms with E-state index >= 15 is 0 Å². The molecule has 0 aliphatic heterocycles. The molecule has 0 saturated carbocycles. The Bertz CT molecular complexity index is 430. The molecule has 0 spiro atoms. The second-order valence-corrected chi connectivity index (χ2v) is 3.74. The Kier molecular flexibility index (Phi) is 4.51. The van der Waals surface area contributed by atoms with Crippen molar-refractivity contribution in [1.29, 1.82) is 0 Å². The van der Waals surface area contributed by atoms with Crippen LogP contribution in [0.4, 0.5) is 5.69 Å². The maximum absolute atomic E-state index is 10.8. The van der Waals surface area contributed by atoms with E-state index in [1.165, 1.54) is 6.92 Å². The number of aromatic carboxylic acids is 1. The van der Waals surface area contributed by atoms with Gasteiger partial charge in [-0.2, -0.15) is 0 Å². The molecule has 0 radical (unpaired) electrons. The van der Waals surface area contributed by atoms with Crippen LogP contribution in [0, 0.1) is 6.92 Å². The summed E-state index contributed by atoms with van der Waals surface area (Å²) in [5.74, 6) is -0.989. The van der Waals surface area contributed by atoms with Crippen molar-refractivity contribution < 1.29 is 14.7 Å². The van der Waals surface area contributed by atoms with Crippen LogP contribution in [0.3, 0.4) is 0 Å². The molecule has 0 aliphatic rings. The number of rotatable bonds is 5. The molecule has 0 bridgehead atoms. The fraction of sp³-hybridized carbons (Fsp3) is 0.333. The average molecular weight is 236 g/mol. The van der Waals surface area contributed by atoms with Crippen LogP contribution in [-0.2, 0) is 4.79 Å². The highest BCUT2D eigenvalue weighted by atomic mass is 16.4. The van der Waals surface area contributed by atoms with Gasteiger partial charge in [0.25, 0.3) is 0 Å². The van der Waals surface area contributed by atoms with Crippen LogP contribution in [0.1, 0.15) is 22.8 Å². The molecule has 5 heteroatoms. The maximum Gasteiger partial charge on any atom is 0.335 e. The van der Waals surface area contributed by atoms with Gasteiger partial charge in [-0.15, -0.1) is 0 Å². The van der Waals surface area contributed by atoms with Gasteiger partial charge in [-0.3, -0.25) is 4.79 Å². The first-order valence-electron chi connectivity index (χ1n) is 5.33. The quantitative estimate of drug-likeness (QED) is 0.672.